The van der Waals surface area contributed by atoms with Crippen molar-refractivity contribution in [2.75, 3.05) is 14.1 Å². The first-order valence-corrected chi connectivity index (χ1v) is 6.98. The van der Waals surface area contributed by atoms with Crippen LogP contribution in [-0.2, 0) is 4.79 Å². The van der Waals surface area contributed by atoms with Crippen LogP contribution in [0.15, 0.2) is 46.5 Å². The van der Waals surface area contributed by atoms with Gasteiger partial charge in [-0.2, -0.15) is 15.0 Å². The number of amides is 1. The van der Waals surface area contributed by atoms with E-state index in [2.05, 4.69) is 25.3 Å². The zero-order chi connectivity index (χ0) is 18.4. The van der Waals surface area contributed by atoms with E-state index in [-0.39, 0.29) is 28.9 Å². The van der Waals surface area contributed by atoms with Crippen molar-refractivity contribution in [1.29, 1.82) is 5.26 Å². The highest BCUT2D eigenvalue weighted by molar-refractivity contribution is 5.49. The molecule has 0 aliphatic carbocycles. The molecule has 0 saturated carbocycles. The van der Waals surface area contributed by atoms with Crippen LogP contribution in [0, 0.1) is 11.3 Å². The van der Waals surface area contributed by atoms with Crippen molar-refractivity contribution in [3.8, 4) is 12.0 Å². The molecule has 0 atom stereocenters. The smallest absolute Gasteiger partial charge is 0.252 e. The summed E-state index contributed by atoms with van der Waals surface area (Å²) in [6, 6.07) is 3.60. The van der Waals surface area contributed by atoms with Gasteiger partial charge in [-0.3, -0.25) is 14.8 Å². The van der Waals surface area contributed by atoms with Crippen LogP contribution in [0.5, 0.6) is 0 Å². The summed E-state index contributed by atoms with van der Waals surface area (Å²) in [7, 11) is 2.94. The Bertz CT molecular complexity index is 851. The first kappa shape index (κ1) is 17.5. The lowest BCUT2D eigenvalue weighted by molar-refractivity contribution is -0.129. The lowest BCUT2D eigenvalue weighted by atomic mass is 10.4. The summed E-state index contributed by atoms with van der Waals surface area (Å²) in [6.45, 7) is 1.50. The number of aliphatic hydroxyl groups excluding tert-OH is 1. The van der Waals surface area contributed by atoms with Gasteiger partial charge >= 0.3 is 0 Å². The van der Waals surface area contributed by atoms with E-state index in [4.69, 9.17) is 0 Å². The number of carbonyl (C=O) groups excluding carboxylic acids is 1. The lowest BCUT2D eigenvalue weighted by Gasteiger charge is -2.25. The maximum absolute atomic E-state index is 10.7. The highest BCUT2D eigenvalue weighted by Crippen LogP contribution is 2.22. The van der Waals surface area contributed by atoms with E-state index in [0.29, 0.717) is 6.41 Å². The monoisotopic (exact) mass is 341 g/mol. The molecule has 2 rings (SSSR count). The maximum Gasteiger partial charge on any atom is 0.252 e. The molecule has 0 aliphatic rings. The van der Waals surface area contributed by atoms with E-state index >= 15 is 0 Å². The molecule has 128 valence electrons. The van der Waals surface area contributed by atoms with Gasteiger partial charge in [-0.1, -0.05) is 0 Å². The average Bonchev–Trinajstić information content (AvgIpc) is 3.07. The molecule has 0 aromatic carbocycles. The lowest BCUT2D eigenvalue weighted by Crippen LogP contribution is -2.35. The van der Waals surface area contributed by atoms with Crippen LogP contribution in [0.4, 0.5) is 5.82 Å². The number of hydrogen-bond acceptors (Lipinski definition) is 9. The van der Waals surface area contributed by atoms with Crippen molar-refractivity contribution >= 4 is 12.2 Å². The van der Waals surface area contributed by atoms with Gasteiger partial charge in [-0.15, -0.1) is 10.2 Å². The molecule has 0 saturated heterocycles. The molecular weight excluding hydrogens is 326 g/mol. The average molecular weight is 341 g/mol. The van der Waals surface area contributed by atoms with Crippen molar-refractivity contribution < 1.29 is 9.90 Å². The highest BCUT2D eigenvalue weighted by Gasteiger charge is 2.15. The minimum absolute atomic E-state index is 0.118. The Morgan fingerprint density at radius 2 is 2.08 bits per heavy atom. The van der Waals surface area contributed by atoms with Gasteiger partial charge in [0.15, 0.2) is 5.82 Å². The molecule has 0 spiro atoms. The van der Waals surface area contributed by atoms with E-state index < -0.39 is 0 Å². The predicted molar refractivity (Wildman–Crippen MR) is 85.3 cm³/mol. The summed E-state index contributed by atoms with van der Waals surface area (Å²) in [5, 5.41) is 33.5. The molecule has 25 heavy (non-hydrogen) atoms. The van der Waals surface area contributed by atoms with Crippen LogP contribution in [0.3, 0.4) is 0 Å². The number of hydrazine groups is 1. The summed E-state index contributed by atoms with van der Waals surface area (Å²) < 4.78 is 1.26. The highest BCUT2D eigenvalue weighted by atomic mass is 16.3. The third-order valence-electron chi connectivity index (χ3n) is 3.16. The standard InChI is InChI=1S/C14H15N9O2/c1-10(13(25)22(3)21(2)9-24)19-20-12-11(7-15)8-18-23(12)14-16-5-4-6-17-14/h4-6,8-9,25H,1-3H3/b13-10-,20-19?. The van der Waals surface area contributed by atoms with Crippen LogP contribution in [0.25, 0.3) is 5.95 Å². The number of aliphatic hydroxyl groups is 1. The summed E-state index contributed by atoms with van der Waals surface area (Å²) in [5.74, 6) is 0.0627. The number of azo groups is 1. The molecule has 11 heteroatoms. The zero-order valence-electron chi connectivity index (χ0n) is 13.8. The van der Waals surface area contributed by atoms with Crippen LogP contribution in [-0.4, -0.2) is 55.4 Å². The normalized spacial score (nSPS) is 11.8. The fourth-order valence-corrected chi connectivity index (χ4v) is 1.69. The van der Waals surface area contributed by atoms with Gasteiger partial charge < -0.3 is 5.11 Å². The van der Waals surface area contributed by atoms with Crippen molar-refractivity contribution in [3.05, 3.63) is 41.8 Å². The Hall–Kier alpha value is -3.81. The molecular formula is C14H15N9O2. The summed E-state index contributed by atoms with van der Waals surface area (Å²) in [5.41, 5.74) is 0.295. The third kappa shape index (κ3) is 3.75. The fourth-order valence-electron chi connectivity index (χ4n) is 1.69. The second kappa shape index (κ2) is 7.64. The van der Waals surface area contributed by atoms with Gasteiger partial charge in [0, 0.05) is 26.5 Å². The van der Waals surface area contributed by atoms with E-state index in [0.717, 1.165) is 5.01 Å². The van der Waals surface area contributed by atoms with Crippen molar-refractivity contribution in [1.82, 2.24) is 29.8 Å². The third-order valence-corrected chi connectivity index (χ3v) is 3.16. The quantitative estimate of drug-likeness (QED) is 0.362. The van der Waals surface area contributed by atoms with Crippen molar-refractivity contribution in [3.63, 3.8) is 0 Å². The summed E-state index contributed by atoms with van der Waals surface area (Å²) in [6.07, 6.45) is 4.89. The molecule has 1 amide bonds. The number of aromatic nitrogens is 4. The summed E-state index contributed by atoms with van der Waals surface area (Å²) >= 11 is 0. The van der Waals surface area contributed by atoms with Gasteiger partial charge in [0.05, 0.1) is 6.20 Å². The number of nitriles is 1. The van der Waals surface area contributed by atoms with E-state index in [1.54, 1.807) is 6.07 Å². The van der Waals surface area contributed by atoms with E-state index in [1.807, 2.05) is 6.07 Å². The Labute approximate surface area is 143 Å². The van der Waals surface area contributed by atoms with Gasteiger partial charge in [-0.05, 0) is 13.0 Å². The summed E-state index contributed by atoms with van der Waals surface area (Å²) in [4.78, 5) is 18.8. The molecule has 0 unspecified atom stereocenters. The Morgan fingerprint density at radius 3 is 2.68 bits per heavy atom. The zero-order valence-corrected chi connectivity index (χ0v) is 13.8. The largest absolute Gasteiger partial charge is 0.492 e. The van der Waals surface area contributed by atoms with Crippen molar-refractivity contribution in [2.45, 2.75) is 6.92 Å². The molecule has 0 fully saturated rings. The van der Waals surface area contributed by atoms with Gasteiger partial charge in [0.25, 0.3) is 5.95 Å². The maximum atomic E-state index is 10.7. The molecule has 0 radical (unpaired) electrons. The first-order chi connectivity index (χ1) is 12.0. The van der Waals surface area contributed by atoms with Crippen LogP contribution in [0.1, 0.15) is 12.5 Å². The molecule has 2 aromatic rings. The van der Waals surface area contributed by atoms with E-state index in [1.165, 1.54) is 49.3 Å². The Kier molecular flexibility index (Phi) is 5.36. The second-order valence-corrected chi connectivity index (χ2v) is 4.77. The predicted octanol–water partition coefficient (Wildman–Crippen LogP) is 1.30. The number of allylic oxidation sites excluding steroid dienone is 1. The second-order valence-electron chi connectivity index (χ2n) is 4.77. The van der Waals surface area contributed by atoms with Crippen LogP contribution in [0.2, 0.25) is 0 Å². The SMILES string of the molecule is C/C(N=Nc1c(C#N)cnn1-c1ncccn1)=C(/O)N(C)N(C)C=O. The fraction of sp³-hybridized carbons (Fsp3) is 0.214. The number of carbonyl (C=O) groups is 1. The van der Waals surface area contributed by atoms with Gasteiger partial charge in [0.1, 0.15) is 17.3 Å². The number of hydrogen-bond donors (Lipinski definition) is 1. The number of nitrogens with zero attached hydrogens (tertiary/aromatic N) is 9. The minimum Gasteiger partial charge on any atom is -0.492 e. The van der Waals surface area contributed by atoms with Gasteiger partial charge in [0.2, 0.25) is 12.3 Å². The van der Waals surface area contributed by atoms with Gasteiger partial charge in [-0.25, -0.2) is 9.97 Å². The van der Waals surface area contributed by atoms with Crippen molar-refractivity contribution in [2.24, 2.45) is 10.2 Å². The minimum atomic E-state index is -0.279. The van der Waals surface area contributed by atoms with Crippen LogP contribution < -0.4 is 0 Å². The molecule has 1 N–H and O–H groups in total. The van der Waals surface area contributed by atoms with E-state index in [9.17, 15) is 15.2 Å². The Balaban J connectivity index is 2.40. The first-order valence-electron chi connectivity index (χ1n) is 6.98. The number of rotatable bonds is 6. The molecule has 0 aliphatic heterocycles. The Morgan fingerprint density at radius 1 is 1.40 bits per heavy atom. The van der Waals surface area contributed by atoms with Crippen LogP contribution >= 0.6 is 0 Å². The molecule has 2 aromatic heterocycles. The molecule has 11 nitrogen and oxygen atoms in total. The topological polar surface area (TPSA) is 136 Å². The molecule has 0 bridgehead atoms. The molecule has 2 heterocycles.